The van der Waals surface area contributed by atoms with Crippen LogP contribution in [0, 0.1) is 5.82 Å². The first-order valence-electron chi connectivity index (χ1n) is 10.3. The number of alkyl halides is 1. The van der Waals surface area contributed by atoms with Crippen molar-refractivity contribution in [2.24, 2.45) is 10.7 Å². The molecule has 3 N–H and O–H groups in total. The van der Waals surface area contributed by atoms with Crippen LogP contribution in [0.15, 0.2) is 35.6 Å². The zero-order chi connectivity index (χ0) is 25.3. The van der Waals surface area contributed by atoms with Gasteiger partial charge < -0.3 is 15.8 Å². The van der Waals surface area contributed by atoms with Gasteiger partial charge in [0.05, 0.1) is 12.4 Å². The number of amidine groups is 1. The lowest BCUT2D eigenvalue weighted by Crippen LogP contribution is -2.50. The quantitative estimate of drug-likeness (QED) is 0.622. The molecule has 2 aromatic rings. The topological polar surface area (TPSA) is 140 Å². The van der Waals surface area contributed by atoms with E-state index in [-0.39, 0.29) is 41.8 Å². The van der Waals surface area contributed by atoms with E-state index in [9.17, 15) is 22.0 Å². The van der Waals surface area contributed by atoms with Crippen molar-refractivity contribution in [3.05, 3.63) is 47.7 Å². The van der Waals surface area contributed by atoms with E-state index >= 15 is 0 Å². The highest BCUT2D eigenvalue weighted by Gasteiger charge is 2.48. The molecule has 13 heteroatoms. The first kappa shape index (κ1) is 25.4. The maximum Gasteiger partial charge on any atom is 0.275 e. The van der Waals surface area contributed by atoms with Crippen LogP contribution in [0.2, 0.25) is 0 Å². The second-order valence-corrected chi connectivity index (χ2v) is 11.1. The molecule has 10 nitrogen and oxygen atoms in total. The average Bonchev–Trinajstić information content (AvgIpc) is 2.82. The summed E-state index contributed by atoms with van der Waals surface area (Å²) in [7, 11) is -2.47. The van der Waals surface area contributed by atoms with Gasteiger partial charge in [0, 0.05) is 24.8 Å². The van der Waals surface area contributed by atoms with Gasteiger partial charge in [0.1, 0.15) is 40.9 Å². The number of carbonyl (C=O) groups is 1. The molecule has 3 rings (SSSR count). The molecular weight excluding hydrogens is 470 g/mol. The number of amides is 1. The molecule has 1 atom stereocenters. The van der Waals surface area contributed by atoms with E-state index in [0.717, 1.165) is 16.6 Å². The van der Waals surface area contributed by atoms with Gasteiger partial charge in [-0.15, -0.1) is 0 Å². The van der Waals surface area contributed by atoms with Gasteiger partial charge in [0.25, 0.3) is 5.91 Å². The molecule has 1 aliphatic rings. The number of sulfonamides is 1. The van der Waals surface area contributed by atoms with Crippen molar-refractivity contribution in [1.29, 1.82) is 0 Å². The summed E-state index contributed by atoms with van der Waals surface area (Å²) in [4.78, 5) is 24.8. The van der Waals surface area contributed by atoms with E-state index in [1.807, 2.05) is 0 Å². The number of benzene rings is 1. The number of carbonyl (C=O) groups excluding carboxylic acids is 1. The Bertz CT molecular complexity index is 1220. The molecule has 184 valence electrons. The number of hydrogen-bond acceptors (Lipinski definition) is 8. The minimum atomic E-state index is -3.85. The summed E-state index contributed by atoms with van der Waals surface area (Å²) in [6.45, 7) is 3.40. The Morgan fingerprint density at radius 1 is 1.26 bits per heavy atom. The van der Waals surface area contributed by atoms with E-state index in [1.54, 1.807) is 6.92 Å². The molecule has 1 amide bonds. The summed E-state index contributed by atoms with van der Waals surface area (Å²) >= 11 is 0. The fourth-order valence-electron chi connectivity index (χ4n) is 3.48. The fourth-order valence-corrected chi connectivity index (χ4v) is 4.99. The molecule has 0 spiro atoms. The van der Waals surface area contributed by atoms with Crippen LogP contribution in [0.3, 0.4) is 0 Å². The summed E-state index contributed by atoms with van der Waals surface area (Å²) in [6, 6.07) is 3.86. The van der Waals surface area contributed by atoms with Crippen LogP contribution >= 0.6 is 0 Å². The van der Waals surface area contributed by atoms with Crippen LogP contribution in [0.25, 0.3) is 0 Å². The number of aromatic nitrogens is 2. The van der Waals surface area contributed by atoms with Gasteiger partial charge >= 0.3 is 0 Å². The van der Waals surface area contributed by atoms with Crippen LogP contribution in [0.1, 0.15) is 36.8 Å². The third-order valence-electron chi connectivity index (χ3n) is 5.56. The monoisotopic (exact) mass is 496 g/mol. The number of rotatable bonds is 6. The number of nitrogens with zero attached hydrogens (tertiary/aromatic N) is 4. The van der Waals surface area contributed by atoms with Crippen molar-refractivity contribution < 1.29 is 26.7 Å². The second kappa shape index (κ2) is 9.22. The Hall–Kier alpha value is -3.19. The minimum absolute atomic E-state index is 0.0472. The van der Waals surface area contributed by atoms with Gasteiger partial charge in [-0.1, -0.05) is 0 Å². The number of likely N-dealkylation sites (N-methyl/N-ethyl adjacent to an activating group) is 1. The summed E-state index contributed by atoms with van der Waals surface area (Å²) < 4.78 is 57.5. The van der Waals surface area contributed by atoms with Crippen molar-refractivity contribution >= 4 is 27.5 Å². The van der Waals surface area contributed by atoms with Crippen LogP contribution in [-0.4, -0.2) is 66.1 Å². The Labute approximate surface area is 196 Å². The molecule has 0 aliphatic carbocycles. The predicted octanol–water partition coefficient (Wildman–Crippen LogP) is 1.84. The van der Waals surface area contributed by atoms with Crippen molar-refractivity contribution in [2.45, 2.75) is 31.1 Å². The maximum absolute atomic E-state index is 14.9. The van der Waals surface area contributed by atoms with Gasteiger partial charge in [-0.3, -0.25) is 9.79 Å². The number of hydrogen-bond donors (Lipinski definition) is 2. The summed E-state index contributed by atoms with van der Waals surface area (Å²) in [5.74, 6) is -1.36. The Balaban J connectivity index is 1.91. The zero-order valence-corrected chi connectivity index (χ0v) is 20.0. The molecule has 1 aliphatic heterocycles. The lowest BCUT2D eigenvalue weighted by molar-refractivity contribution is 0.102. The molecular formula is C21H26F2N6O4S. The number of ether oxygens (including phenoxy) is 1. The smallest absolute Gasteiger partial charge is 0.275 e. The van der Waals surface area contributed by atoms with Gasteiger partial charge in [-0.05, 0) is 39.0 Å². The van der Waals surface area contributed by atoms with E-state index in [4.69, 9.17) is 10.5 Å². The predicted molar refractivity (Wildman–Crippen MR) is 122 cm³/mol. The fraction of sp³-hybridized carbons (Fsp3) is 0.429. The molecule has 1 aromatic carbocycles. The lowest BCUT2D eigenvalue weighted by Gasteiger charge is -2.29. The van der Waals surface area contributed by atoms with E-state index in [0.29, 0.717) is 0 Å². The van der Waals surface area contributed by atoms with E-state index < -0.39 is 38.7 Å². The first-order chi connectivity index (χ1) is 15.8. The number of nitrogens with one attached hydrogen (secondary N) is 1. The third-order valence-corrected chi connectivity index (χ3v) is 8.01. The van der Waals surface area contributed by atoms with Crippen molar-refractivity contribution in [1.82, 2.24) is 14.3 Å². The summed E-state index contributed by atoms with van der Waals surface area (Å²) in [5.41, 5.74) is 4.92. The van der Waals surface area contributed by atoms with Crippen molar-refractivity contribution in [3.8, 4) is 5.88 Å². The van der Waals surface area contributed by atoms with Crippen molar-refractivity contribution in [2.75, 3.05) is 32.2 Å². The Morgan fingerprint density at radius 3 is 2.59 bits per heavy atom. The van der Waals surface area contributed by atoms with Gasteiger partial charge in [0.2, 0.25) is 15.9 Å². The standard InChI is InChI=1S/C21H26F2N6O4S/c1-20(2)19(24)28-21(3,12-29(4)34(20,31)32)14-9-13(5-6-15(14)23)27-18(30)16-10-26-17(11-25-16)33-8-7-22/h5-6,9-11H,7-8,12H2,1-4H3,(H2,24,28)(H,27,30)/t21-/m0/s1. The normalized spacial score (nSPS) is 21.9. The first-order valence-corrected chi connectivity index (χ1v) is 11.7. The molecule has 0 fully saturated rings. The van der Waals surface area contributed by atoms with Crippen molar-refractivity contribution in [3.63, 3.8) is 0 Å². The Kier molecular flexibility index (Phi) is 6.90. The molecule has 0 saturated carbocycles. The second-order valence-electron chi connectivity index (χ2n) is 8.47. The molecule has 0 saturated heterocycles. The molecule has 0 bridgehead atoms. The summed E-state index contributed by atoms with van der Waals surface area (Å²) in [5, 5.41) is 2.59. The number of anilines is 1. The molecule has 1 aromatic heterocycles. The average molecular weight is 497 g/mol. The number of aliphatic imine (C=N–C) groups is 1. The maximum atomic E-state index is 14.9. The highest BCUT2D eigenvalue weighted by atomic mass is 32.2. The van der Waals surface area contributed by atoms with Gasteiger partial charge in [-0.25, -0.2) is 31.5 Å². The van der Waals surface area contributed by atoms with Crippen LogP contribution < -0.4 is 15.8 Å². The number of halogens is 2. The Morgan fingerprint density at radius 2 is 1.97 bits per heavy atom. The SMILES string of the molecule is CN1C[C@@](C)(c2cc(NC(=O)c3cnc(OCCF)cn3)ccc2F)N=C(N)C(C)(C)S1(=O)=O. The summed E-state index contributed by atoms with van der Waals surface area (Å²) in [6.07, 6.45) is 2.34. The molecule has 2 heterocycles. The van der Waals surface area contributed by atoms with E-state index in [1.165, 1.54) is 39.2 Å². The molecule has 34 heavy (non-hydrogen) atoms. The number of nitrogens with two attached hydrogens (primary N) is 1. The van der Waals surface area contributed by atoms with E-state index in [2.05, 4.69) is 20.3 Å². The molecule has 0 radical (unpaired) electrons. The van der Waals surface area contributed by atoms with Crippen LogP contribution in [0.4, 0.5) is 14.5 Å². The largest absolute Gasteiger partial charge is 0.474 e. The van der Waals surface area contributed by atoms with Crippen LogP contribution in [0.5, 0.6) is 5.88 Å². The lowest BCUT2D eigenvalue weighted by atomic mass is 9.91. The third kappa shape index (κ3) is 4.71. The minimum Gasteiger partial charge on any atom is -0.474 e. The van der Waals surface area contributed by atoms with Crippen LogP contribution in [-0.2, 0) is 15.6 Å². The highest BCUT2D eigenvalue weighted by Crippen LogP contribution is 2.36. The van der Waals surface area contributed by atoms with Gasteiger partial charge in [0.15, 0.2) is 0 Å². The zero-order valence-electron chi connectivity index (χ0n) is 19.2. The molecule has 0 unspecified atom stereocenters. The van der Waals surface area contributed by atoms with Gasteiger partial charge in [-0.2, -0.15) is 0 Å². The highest BCUT2D eigenvalue weighted by molar-refractivity contribution is 7.91.